The van der Waals surface area contributed by atoms with Crippen molar-refractivity contribution in [1.82, 2.24) is 5.32 Å². The number of hydrogen-bond acceptors (Lipinski definition) is 4. The van der Waals surface area contributed by atoms with Gasteiger partial charge in [-0.3, -0.25) is 4.79 Å². The Bertz CT molecular complexity index is 682. The van der Waals surface area contributed by atoms with Crippen LogP contribution in [-0.2, 0) is 13.0 Å². The first-order valence-electron chi connectivity index (χ1n) is 7.48. The molecule has 1 aliphatic carbocycles. The van der Waals surface area contributed by atoms with Crippen molar-refractivity contribution in [3.05, 3.63) is 46.8 Å². The number of carbonyl (C=O) groups excluding carboxylic acids is 1. The summed E-state index contributed by atoms with van der Waals surface area (Å²) in [6.45, 7) is 6.32. The van der Waals surface area contributed by atoms with Gasteiger partial charge in [-0.2, -0.15) is 0 Å². The van der Waals surface area contributed by atoms with Crippen molar-refractivity contribution in [1.29, 1.82) is 0 Å². The average Bonchev–Trinajstić information content (AvgIpc) is 3.02. The van der Waals surface area contributed by atoms with Crippen LogP contribution in [0.25, 0.3) is 0 Å². The molecule has 0 aliphatic heterocycles. The fourth-order valence-electron chi connectivity index (χ4n) is 3.16. The number of aliphatic hydroxyl groups excluding tert-OH is 1. The third kappa shape index (κ3) is 2.68. The fraction of sp³-hybridized carbons (Fsp3) is 0.471. The van der Waals surface area contributed by atoms with Crippen LogP contribution in [0.4, 0.5) is 0 Å². The third-order valence-electron chi connectivity index (χ3n) is 4.20. The van der Waals surface area contributed by atoms with Crippen LogP contribution in [0.2, 0.25) is 0 Å². The lowest BCUT2D eigenvalue weighted by Crippen LogP contribution is -2.25. The molecule has 0 saturated heterocycles. The molecule has 0 spiro atoms. The standard InChI is InChI=1S/C17H21NO4/c1-10-14-12(19)7-17(2,3)8-13(14)22-15(10)16(20)18-9-11-5-4-6-21-11/h4-6,12,19H,7-9H2,1-3H3,(H,18,20). The number of nitrogens with one attached hydrogen (secondary N) is 1. The van der Waals surface area contributed by atoms with Crippen molar-refractivity contribution in [2.45, 2.75) is 46.3 Å². The van der Waals surface area contributed by atoms with E-state index in [1.54, 1.807) is 18.4 Å². The van der Waals surface area contributed by atoms with E-state index < -0.39 is 6.10 Å². The first kappa shape index (κ1) is 14.9. The van der Waals surface area contributed by atoms with Crippen molar-refractivity contribution in [3.8, 4) is 0 Å². The molecule has 2 heterocycles. The van der Waals surface area contributed by atoms with E-state index in [4.69, 9.17) is 8.83 Å². The highest BCUT2D eigenvalue weighted by Crippen LogP contribution is 2.43. The number of rotatable bonds is 3. The Kier molecular flexibility index (Phi) is 3.60. The summed E-state index contributed by atoms with van der Waals surface area (Å²) in [6, 6.07) is 3.57. The zero-order valence-electron chi connectivity index (χ0n) is 13.1. The predicted molar refractivity (Wildman–Crippen MR) is 80.4 cm³/mol. The first-order chi connectivity index (χ1) is 10.4. The van der Waals surface area contributed by atoms with Gasteiger partial charge in [0.1, 0.15) is 11.5 Å². The number of furan rings is 2. The predicted octanol–water partition coefficient (Wildman–Crippen LogP) is 3.12. The SMILES string of the molecule is Cc1c(C(=O)NCc2ccco2)oc2c1C(O)CC(C)(C)C2. The summed E-state index contributed by atoms with van der Waals surface area (Å²) < 4.78 is 11.0. The fourth-order valence-corrected chi connectivity index (χ4v) is 3.16. The third-order valence-corrected chi connectivity index (χ3v) is 4.20. The van der Waals surface area contributed by atoms with Crippen LogP contribution in [0.3, 0.4) is 0 Å². The first-order valence-corrected chi connectivity index (χ1v) is 7.48. The Balaban J connectivity index is 1.82. The van der Waals surface area contributed by atoms with Crippen molar-refractivity contribution < 1.29 is 18.7 Å². The van der Waals surface area contributed by atoms with Gasteiger partial charge in [-0.05, 0) is 30.9 Å². The molecule has 3 rings (SSSR count). The quantitative estimate of drug-likeness (QED) is 0.913. The second-order valence-corrected chi connectivity index (χ2v) is 6.72. The molecule has 5 nitrogen and oxygen atoms in total. The smallest absolute Gasteiger partial charge is 0.287 e. The molecule has 22 heavy (non-hydrogen) atoms. The minimum atomic E-state index is -0.575. The summed E-state index contributed by atoms with van der Waals surface area (Å²) >= 11 is 0. The van der Waals surface area contributed by atoms with E-state index in [-0.39, 0.29) is 17.1 Å². The number of amides is 1. The highest BCUT2D eigenvalue weighted by atomic mass is 16.4. The Morgan fingerprint density at radius 3 is 2.95 bits per heavy atom. The monoisotopic (exact) mass is 303 g/mol. The van der Waals surface area contributed by atoms with Crippen LogP contribution < -0.4 is 5.32 Å². The zero-order chi connectivity index (χ0) is 15.9. The van der Waals surface area contributed by atoms with Crippen molar-refractivity contribution in [2.75, 3.05) is 0 Å². The summed E-state index contributed by atoms with van der Waals surface area (Å²) in [5.41, 5.74) is 1.48. The van der Waals surface area contributed by atoms with E-state index in [1.165, 1.54) is 0 Å². The molecule has 0 fully saturated rings. The lowest BCUT2D eigenvalue weighted by Gasteiger charge is -2.31. The molecule has 2 aromatic heterocycles. The average molecular weight is 303 g/mol. The van der Waals surface area contributed by atoms with Gasteiger partial charge in [0, 0.05) is 17.5 Å². The molecule has 0 aromatic carbocycles. The topological polar surface area (TPSA) is 75.6 Å². The second-order valence-electron chi connectivity index (χ2n) is 6.72. The van der Waals surface area contributed by atoms with E-state index in [9.17, 15) is 9.90 Å². The maximum atomic E-state index is 12.3. The maximum absolute atomic E-state index is 12.3. The molecule has 118 valence electrons. The van der Waals surface area contributed by atoms with Crippen LogP contribution >= 0.6 is 0 Å². The molecule has 1 atom stereocenters. The summed E-state index contributed by atoms with van der Waals surface area (Å²) in [4.78, 5) is 12.3. The Morgan fingerprint density at radius 1 is 1.50 bits per heavy atom. The lowest BCUT2D eigenvalue weighted by molar-refractivity contribution is 0.0882. The minimum Gasteiger partial charge on any atom is -0.467 e. The normalized spacial score (nSPS) is 19.7. The van der Waals surface area contributed by atoms with Gasteiger partial charge in [0.25, 0.3) is 5.91 Å². The molecule has 1 unspecified atom stereocenters. The van der Waals surface area contributed by atoms with Gasteiger partial charge in [-0.15, -0.1) is 0 Å². The summed E-state index contributed by atoms with van der Waals surface area (Å²) in [6.07, 6.45) is 2.39. The van der Waals surface area contributed by atoms with Crippen molar-refractivity contribution in [3.63, 3.8) is 0 Å². The Morgan fingerprint density at radius 2 is 2.27 bits per heavy atom. The van der Waals surface area contributed by atoms with E-state index in [0.717, 1.165) is 23.3 Å². The summed E-state index contributed by atoms with van der Waals surface area (Å²) in [5.74, 6) is 1.41. The largest absolute Gasteiger partial charge is 0.467 e. The van der Waals surface area contributed by atoms with Gasteiger partial charge < -0.3 is 19.3 Å². The Labute approximate surface area is 129 Å². The van der Waals surface area contributed by atoms with Gasteiger partial charge in [0.2, 0.25) is 0 Å². The van der Waals surface area contributed by atoms with E-state index in [0.29, 0.717) is 18.7 Å². The molecular formula is C17H21NO4. The van der Waals surface area contributed by atoms with Crippen LogP contribution in [0.1, 0.15) is 59.6 Å². The minimum absolute atomic E-state index is 0.0291. The molecular weight excluding hydrogens is 282 g/mol. The zero-order valence-corrected chi connectivity index (χ0v) is 13.1. The van der Waals surface area contributed by atoms with E-state index in [2.05, 4.69) is 19.2 Å². The van der Waals surface area contributed by atoms with Gasteiger partial charge in [-0.25, -0.2) is 0 Å². The summed E-state index contributed by atoms with van der Waals surface area (Å²) in [5, 5.41) is 13.1. The van der Waals surface area contributed by atoms with Crippen LogP contribution in [0.15, 0.2) is 27.2 Å². The van der Waals surface area contributed by atoms with Crippen molar-refractivity contribution >= 4 is 5.91 Å². The molecule has 1 amide bonds. The summed E-state index contributed by atoms with van der Waals surface area (Å²) in [7, 11) is 0. The van der Waals surface area contributed by atoms with Gasteiger partial charge in [-0.1, -0.05) is 13.8 Å². The molecule has 0 saturated carbocycles. The molecule has 0 bridgehead atoms. The van der Waals surface area contributed by atoms with Gasteiger partial charge in [0.15, 0.2) is 5.76 Å². The Hall–Kier alpha value is -2.01. The van der Waals surface area contributed by atoms with Crippen LogP contribution in [0.5, 0.6) is 0 Å². The van der Waals surface area contributed by atoms with E-state index >= 15 is 0 Å². The maximum Gasteiger partial charge on any atom is 0.287 e. The van der Waals surface area contributed by atoms with Crippen LogP contribution in [-0.4, -0.2) is 11.0 Å². The number of carbonyl (C=O) groups is 1. The van der Waals surface area contributed by atoms with E-state index in [1.807, 2.05) is 6.92 Å². The van der Waals surface area contributed by atoms with Gasteiger partial charge in [0.05, 0.1) is 18.9 Å². The number of hydrogen-bond donors (Lipinski definition) is 2. The van der Waals surface area contributed by atoms with Gasteiger partial charge >= 0.3 is 0 Å². The second kappa shape index (κ2) is 5.32. The number of aliphatic hydroxyl groups is 1. The van der Waals surface area contributed by atoms with Crippen LogP contribution in [0, 0.1) is 12.3 Å². The highest BCUT2D eigenvalue weighted by Gasteiger charge is 2.37. The lowest BCUT2D eigenvalue weighted by atomic mass is 9.75. The molecule has 0 radical (unpaired) electrons. The molecule has 1 aliphatic rings. The molecule has 5 heteroatoms. The molecule has 2 N–H and O–H groups in total. The highest BCUT2D eigenvalue weighted by molar-refractivity contribution is 5.93. The molecule has 2 aromatic rings. The van der Waals surface area contributed by atoms with Crippen molar-refractivity contribution in [2.24, 2.45) is 5.41 Å². The number of fused-ring (bicyclic) bond motifs is 1.